The van der Waals surface area contributed by atoms with Gasteiger partial charge in [0.2, 0.25) is 0 Å². The molecule has 19 heavy (non-hydrogen) atoms. The molecule has 1 heterocycles. The van der Waals surface area contributed by atoms with Gasteiger partial charge in [-0.05, 0) is 32.0 Å². The van der Waals surface area contributed by atoms with Crippen LogP contribution in [0.2, 0.25) is 5.02 Å². The summed E-state index contributed by atoms with van der Waals surface area (Å²) in [5.41, 5.74) is -0.00648. The van der Waals surface area contributed by atoms with Crippen molar-refractivity contribution in [3.8, 4) is 0 Å². The summed E-state index contributed by atoms with van der Waals surface area (Å²) in [6.45, 7) is 3.54. The Balaban J connectivity index is 2.21. The van der Waals surface area contributed by atoms with Crippen LogP contribution in [0.5, 0.6) is 0 Å². The van der Waals surface area contributed by atoms with Gasteiger partial charge in [-0.25, -0.2) is 4.39 Å². The molecule has 5 nitrogen and oxygen atoms in total. The second kappa shape index (κ2) is 4.97. The molecule has 0 saturated carbocycles. The highest BCUT2D eigenvalue weighted by Crippen LogP contribution is 2.19. The standard InChI is InChI=1S/C12H12ClFN4O/c1-12(2,10-6-15-18-17-10)16-11(19)7-3-8(13)5-9(14)4-7/h3-6H,1-2H3,(H,16,19)(H,15,17,18). The molecule has 7 heteroatoms. The van der Waals surface area contributed by atoms with E-state index in [2.05, 4.69) is 20.7 Å². The topological polar surface area (TPSA) is 70.7 Å². The SMILES string of the molecule is CC(C)(NC(=O)c1cc(F)cc(Cl)c1)c1cn[nH]n1. The number of carbonyl (C=O) groups is 1. The van der Waals surface area contributed by atoms with Crippen molar-refractivity contribution in [3.63, 3.8) is 0 Å². The van der Waals surface area contributed by atoms with Gasteiger partial charge in [-0.1, -0.05) is 11.6 Å². The summed E-state index contributed by atoms with van der Waals surface area (Å²) < 4.78 is 13.2. The Morgan fingerprint density at radius 3 is 2.74 bits per heavy atom. The zero-order chi connectivity index (χ0) is 14.0. The smallest absolute Gasteiger partial charge is 0.252 e. The number of nitrogens with one attached hydrogen (secondary N) is 2. The van der Waals surface area contributed by atoms with E-state index < -0.39 is 17.3 Å². The van der Waals surface area contributed by atoms with Gasteiger partial charge in [0.15, 0.2) is 0 Å². The summed E-state index contributed by atoms with van der Waals surface area (Å²) in [5.74, 6) is -0.994. The summed E-state index contributed by atoms with van der Waals surface area (Å²) >= 11 is 5.72. The quantitative estimate of drug-likeness (QED) is 0.907. The van der Waals surface area contributed by atoms with Gasteiger partial charge in [0.1, 0.15) is 11.5 Å². The first-order valence-electron chi connectivity index (χ1n) is 5.53. The first-order valence-corrected chi connectivity index (χ1v) is 5.91. The molecule has 0 bridgehead atoms. The van der Waals surface area contributed by atoms with Crippen LogP contribution < -0.4 is 5.32 Å². The lowest BCUT2D eigenvalue weighted by atomic mass is 10.0. The molecule has 0 saturated heterocycles. The van der Waals surface area contributed by atoms with Crippen molar-refractivity contribution in [3.05, 3.63) is 46.5 Å². The maximum absolute atomic E-state index is 13.2. The van der Waals surface area contributed by atoms with Crippen LogP contribution in [0.15, 0.2) is 24.4 Å². The third-order valence-electron chi connectivity index (χ3n) is 2.61. The molecule has 1 aromatic heterocycles. The highest BCUT2D eigenvalue weighted by atomic mass is 35.5. The van der Waals surface area contributed by atoms with E-state index >= 15 is 0 Å². The van der Waals surface area contributed by atoms with E-state index in [1.165, 1.54) is 12.3 Å². The van der Waals surface area contributed by atoms with E-state index in [1.807, 2.05) is 0 Å². The van der Waals surface area contributed by atoms with Gasteiger partial charge in [0.05, 0.1) is 11.7 Å². The highest BCUT2D eigenvalue weighted by molar-refractivity contribution is 6.31. The fourth-order valence-corrected chi connectivity index (χ4v) is 1.83. The number of carbonyl (C=O) groups excluding carboxylic acids is 1. The number of hydrogen-bond donors (Lipinski definition) is 2. The van der Waals surface area contributed by atoms with Crippen molar-refractivity contribution >= 4 is 17.5 Å². The lowest BCUT2D eigenvalue weighted by Gasteiger charge is -2.23. The minimum absolute atomic E-state index is 0.154. The molecular formula is C12H12ClFN4O. The van der Waals surface area contributed by atoms with E-state index in [4.69, 9.17) is 11.6 Å². The number of hydrogen-bond acceptors (Lipinski definition) is 3. The molecule has 0 atom stereocenters. The summed E-state index contributed by atoms with van der Waals surface area (Å²) in [6.07, 6.45) is 1.51. The molecule has 1 amide bonds. The first kappa shape index (κ1) is 13.5. The van der Waals surface area contributed by atoms with Gasteiger partial charge in [-0.15, -0.1) is 0 Å². The van der Waals surface area contributed by atoms with E-state index in [9.17, 15) is 9.18 Å². The number of rotatable bonds is 3. The van der Waals surface area contributed by atoms with Crippen LogP contribution in [0.4, 0.5) is 4.39 Å². The predicted molar refractivity (Wildman–Crippen MR) is 68.3 cm³/mol. The largest absolute Gasteiger partial charge is 0.341 e. The van der Waals surface area contributed by atoms with Crippen molar-refractivity contribution in [1.29, 1.82) is 0 Å². The minimum Gasteiger partial charge on any atom is -0.341 e. The second-order valence-corrected chi connectivity index (χ2v) is 5.03. The number of H-pyrrole nitrogens is 1. The summed E-state index contributed by atoms with van der Waals surface area (Å²) in [5, 5.41) is 13.0. The Hall–Kier alpha value is -1.95. The molecule has 2 aromatic rings. The van der Waals surface area contributed by atoms with Crippen molar-refractivity contribution in [2.75, 3.05) is 0 Å². The molecule has 0 aliphatic heterocycles. The number of nitrogens with zero attached hydrogens (tertiary/aromatic N) is 2. The molecule has 2 N–H and O–H groups in total. The molecule has 0 aliphatic carbocycles. The molecule has 2 rings (SSSR count). The first-order chi connectivity index (χ1) is 8.88. The van der Waals surface area contributed by atoms with E-state index in [0.29, 0.717) is 5.69 Å². The number of amides is 1. The van der Waals surface area contributed by atoms with E-state index in [0.717, 1.165) is 12.1 Å². The molecular weight excluding hydrogens is 271 g/mol. The lowest BCUT2D eigenvalue weighted by Crippen LogP contribution is -2.41. The van der Waals surface area contributed by atoms with Crippen LogP contribution in [0.1, 0.15) is 29.9 Å². The Labute approximate surface area is 114 Å². The minimum atomic E-state index is -0.733. The van der Waals surface area contributed by atoms with E-state index in [-0.39, 0.29) is 10.6 Å². The van der Waals surface area contributed by atoms with Gasteiger partial charge in [0.25, 0.3) is 5.91 Å². The highest BCUT2D eigenvalue weighted by Gasteiger charge is 2.26. The zero-order valence-electron chi connectivity index (χ0n) is 10.4. The maximum Gasteiger partial charge on any atom is 0.252 e. The average molecular weight is 283 g/mol. The van der Waals surface area contributed by atoms with Crippen molar-refractivity contribution in [2.45, 2.75) is 19.4 Å². The molecule has 0 aliphatic rings. The van der Waals surface area contributed by atoms with E-state index in [1.54, 1.807) is 13.8 Å². The Morgan fingerprint density at radius 2 is 2.16 bits per heavy atom. The number of benzene rings is 1. The fourth-order valence-electron chi connectivity index (χ4n) is 1.61. The summed E-state index contributed by atoms with van der Waals surface area (Å²) in [7, 11) is 0. The monoisotopic (exact) mass is 282 g/mol. The molecule has 100 valence electrons. The van der Waals surface area contributed by atoms with Crippen LogP contribution in [-0.2, 0) is 5.54 Å². The molecule has 1 aromatic carbocycles. The summed E-state index contributed by atoms with van der Waals surface area (Å²) in [6, 6.07) is 3.67. The Kier molecular flexibility index (Phi) is 3.53. The number of aromatic nitrogens is 3. The summed E-state index contributed by atoms with van der Waals surface area (Å²) in [4.78, 5) is 12.1. The van der Waals surface area contributed by atoms with Crippen molar-refractivity contribution < 1.29 is 9.18 Å². The van der Waals surface area contributed by atoms with Gasteiger partial charge in [-0.3, -0.25) is 4.79 Å². The molecule has 0 radical (unpaired) electrons. The average Bonchev–Trinajstić information content (AvgIpc) is 2.80. The molecule has 0 unspecified atom stereocenters. The molecule has 0 spiro atoms. The second-order valence-electron chi connectivity index (χ2n) is 4.59. The molecule has 0 fully saturated rings. The Morgan fingerprint density at radius 1 is 1.42 bits per heavy atom. The zero-order valence-corrected chi connectivity index (χ0v) is 11.1. The lowest BCUT2D eigenvalue weighted by molar-refractivity contribution is 0.0910. The predicted octanol–water partition coefficient (Wildman–Crippen LogP) is 2.26. The maximum atomic E-state index is 13.2. The number of aromatic amines is 1. The normalized spacial score (nSPS) is 11.4. The Bertz CT molecular complexity index is 578. The van der Waals surface area contributed by atoms with Gasteiger partial charge >= 0.3 is 0 Å². The number of halogens is 2. The van der Waals surface area contributed by atoms with Crippen LogP contribution >= 0.6 is 11.6 Å². The fraction of sp³-hybridized carbons (Fsp3) is 0.250. The van der Waals surface area contributed by atoms with Gasteiger partial charge in [-0.2, -0.15) is 15.4 Å². The van der Waals surface area contributed by atoms with Crippen molar-refractivity contribution in [1.82, 2.24) is 20.7 Å². The van der Waals surface area contributed by atoms with Gasteiger partial charge < -0.3 is 5.32 Å². The van der Waals surface area contributed by atoms with Crippen LogP contribution in [0.25, 0.3) is 0 Å². The van der Waals surface area contributed by atoms with Crippen LogP contribution in [0.3, 0.4) is 0 Å². The van der Waals surface area contributed by atoms with Gasteiger partial charge in [0, 0.05) is 10.6 Å². The van der Waals surface area contributed by atoms with Crippen LogP contribution in [-0.4, -0.2) is 21.3 Å². The third-order valence-corrected chi connectivity index (χ3v) is 2.82. The van der Waals surface area contributed by atoms with Crippen LogP contribution in [0, 0.1) is 5.82 Å². The van der Waals surface area contributed by atoms with Crippen molar-refractivity contribution in [2.24, 2.45) is 0 Å². The third kappa shape index (κ3) is 3.08.